The van der Waals surface area contributed by atoms with Crippen LogP contribution in [0.5, 0.6) is 5.75 Å². The maximum absolute atomic E-state index is 12.6. The minimum atomic E-state index is -3.67. The molecule has 2 aromatic carbocycles. The number of nitrogens with zero attached hydrogens (tertiary/aromatic N) is 1. The third-order valence-electron chi connectivity index (χ3n) is 4.24. The normalized spacial score (nSPS) is 11.3. The molecule has 146 valence electrons. The summed E-state index contributed by atoms with van der Waals surface area (Å²) in [7, 11) is -2.07. The van der Waals surface area contributed by atoms with Gasteiger partial charge >= 0.3 is 0 Å². The monoisotopic (exact) mass is 397 g/mol. The van der Waals surface area contributed by atoms with Crippen molar-refractivity contribution in [2.24, 2.45) is 0 Å². The molecule has 1 heterocycles. The van der Waals surface area contributed by atoms with Gasteiger partial charge in [-0.15, -0.1) is 0 Å². The highest BCUT2D eigenvalue weighted by Gasteiger charge is 2.15. The van der Waals surface area contributed by atoms with E-state index in [0.717, 1.165) is 11.3 Å². The van der Waals surface area contributed by atoms with E-state index in [1.165, 1.54) is 6.20 Å². The Labute approximate surface area is 165 Å². The Kier molecular flexibility index (Phi) is 5.84. The van der Waals surface area contributed by atoms with Gasteiger partial charge in [0, 0.05) is 0 Å². The van der Waals surface area contributed by atoms with Crippen LogP contribution >= 0.6 is 0 Å². The van der Waals surface area contributed by atoms with Crippen LogP contribution in [-0.2, 0) is 10.0 Å². The van der Waals surface area contributed by atoms with E-state index in [1.807, 2.05) is 36.4 Å². The zero-order chi connectivity index (χ0) is 20.1. The first-order chi connectivity index (χ1) is 13.4. The lowest BCUT2D eigenvalue weighted by Gasteiger charge is -2.12. The molecule has 7 heteroatoms. The maximum Gasteiger partial charge on any atom is 0.261 e. The fourth-order valence-electron chi connectivity index (χ4n) is 2.66. The molecule has 28 heavy (non-hydrogen) atoms. The summed E-state index contributed by atoms with van der Waals surface area (Å²) in [5, 5.41) is 3.15. The summed E-state index contributed by atoms with van der Waals surface area (Å²) in [6, 6.07) is 17.7. The molecule has 0 bridgehead atoms. The van der Waals surface area contributed by atoms with E-state index in [-0.39, 0.29) is 4.90 Å². The van der Waals surface area contributed by atoms with Gasteiger partial charge in [-0.2, -0.15) is 0 Å². The van der Waals surface area contributed by atoms with Gasteiger partial charge in [0.2, 0.25) is 0 Å². The lowest BCUT2D eigenvalue weighted by molar-refractivity contribution is 0.417. The molecule has 0 amide bonds. The van der Waals surface area contributed by atoms with E-state index < -0.39 is 10.0 Å². The number of benzene rings is 2. The molecular weight excluding hydrogens is 374 g/mol. The average Bonchev–Trinajstić information content (AvgIpc) is 2.70. The van der Waals surface area contributed by atoms with Crippen molar-refractivity contribution in [3.63, 3.8) is 0 Å². The summed E-state index contributed by atoms with van der Waals surface area (Å²) in [5.74, 6) is 1.62. The zero-order valence-electron chi connectivity index (χ0n) is 16.0. The topological polar surface area (TPSA) is 80.3 Å². The van der Waals surface area contributed by atoms with E-state index in [2.05, 4.69) is 28.9 Å². The Morgan fingerprint density at radius 3 is 2.29 bits per heavy atom. The highest BCUT2D eigenvalue weighted by molar-refractivity contribution is 7.92. The number of ether oxygens (including phenoxy) is 1. The molecule has 0 saturated heterocycles. The predicted molar refractivity (Wildman–Crippen MR) is 112 cm³/mol. The van der Waals surface area contributed by atoms with E-state index in [4.69, 9.17) is 4.74 Å². The van der Waals surface area contributed by atoms with Crippen LogP contribution in [0.4, 0.5) is 17.2 Å². The van der Waals surface area contributed by atoms with Crippen LogP contribution in [0.25, 0.3) is 0 Å². The highest BCUT2D eigenvalue weighted by atomic mass is 32.2. The molecule has 1 aromatic heterocycles. The molecule has 0 fully saturated rings. The molecule has 2 N–H and O–H groups in total. The number of nitrogens with one attached hydrogen (secondary N) is 2. The Hall–Kier alpha value is -3.06. The Bertz CT molecular complexity index is 1030. The van der Waals surface area contributed by atoms with Crippen LogP contribution in [-0.4, -0.2) is 20.5 Å². The molecular formula is C21H23N3O3S. The number of rotatable bonds is 7. The zero-order valence-corrected chi connectivity index (χ0v) is 16.8. The van der Waals surface area contributed by atoms with Crippen molar-refractivity contribution in [1.82, 2.24) is 4.98 Å². The third kappa shape index (κ3) is 4.61. The number of hydrogen-bond acceptors (Lipinski definition) is 5. The van der Waals surface area contributed by atoms with Crippen molar-refractivity contribution in [1.29, 1.82) is 0 Å². The number of sulfonamides is 1. The summed E-state index contributed by atoms with van der Waals surface area (Å²) in [6.45, 7) is 4.13. The van der Waals surface area contributed by atoms with Gasteiger partial charge in [0.05, 0.1) is 29.6 Å². The van der Waals surface area contributed by atoms with Crippen molar-refractivity contribution >= 4 is 27.2 Å². The minimum absolute atomic E-state index is 0.216. The van der Waals surface area contributed by atoms with Gasteiger partial charge in [-0.05, 0) is 47.9 Å². The van der Waals surface area contributed by atoms with Gasteiger partial charge in [-0.3, -0.25) is 4.72 Å². The van der Waals surface area contributed by atoms with Gasteiger partial charge in [-0.1, -0.05) is 38.1 Å². The molecule has 0 aliphatic carbocycles. The summed E-state index contributed by atoms with van der Waals surface area (Å²) < 4.78 is 33.0. The molecule has 3 aromatic rings. The second kappa shape index (κ2) is 8.31. The molecule has 0 atom stereocenters. The standard InChI is InChI=1S/C21H23N3O3S/c1-15(2)16-8-11-18(12-9-16)28(25,26)24-17-10-13-21(22-14-17)23-19-6-4-5-7-20(19)27-3/h4-15,24H,1-3H3,(H,22,23). The Balaban J connectivity index is 1.72. The van der Waals surface area contributed by atoms with Crippen LogP contribution in [0.1, 0.15) is 25.3 Å². The molecule has 0 radical (unpaired) electrons. The first-order valence-electron chi connectivity index (χ1n) is 8.88. The summed E-state index contributed by atoms with van der Waals surface area (Å²) in [5.41, 5.74) is 2.25. The van der Waals surface area contributed by atoms with E-state index in [9.17, 15) is 8.42 Å². The molecule has 6 nitrogen and oxygen atoms in total. The van der Waals surface area contributed by atoms with Gasteiger partial charge in [0.15, 0.2) is 0 Å². The lowest BCUT2D eigenvalue weighted by atomic mass is 10.0. The molecule has 0 saturated carbocycles. The van der Waals surface area contributed by atoms with E-state index in [1.54, 1.807) is 31.4 Å². The van der Waals surface area contributed by atoms with Crippen LogP contribution in [0.2, 0.25) is 0 Å². The smallest absolute Gasteiger partial charge is 0.261 e. The molecule has 3 rings (SSSR count). The van der Waals surface area contributed by atoms with Crippen molar-refractivity contribution < 1.29 is 13.2 Å². The average molecular weight is 398 g/mol. The SMILES string of the molecule is COc1ccccc1Nc1ccc(NS(=O)(=O)c2ccc(C(C)C)cc2)cn1. The summed E-state index contributed by atoms with van der Waals surface area (Å²) in [4.78, 5) is 4.49. The predicted octanol–water partition coefficient (Wildman–Crippen LogP) is 4.76. The van der Waals surface area contributed by atoms with Gasteiger partial charge in [-0.25, -0.2) is 13.4 Å². The quantitative estimate of drug-likeness (QED) is 0.601. The molecule has 0 aliphatic rings. The van der Waals surface area contributed by atoms with E-state index in [0.29, 0.717) is 23.2 Å². The number of para-hydroxylation sites is 2. The van der Waals surface area contributed by atoms with Crippen LogP contribution < -0.4 is 14.8 Å². The first-order valence-corrected chi connectivity index (χ1v) is 10.4. The van der Waals surface area contributed by atoms with Crippen molar-refractivity contribution in [3.8, 4) is 5.75 Å². The van der Waals surface area contributed by atoms with Crippen molar-refractivity contribution in [2.75, 3.05) is 17.1 Å². The lowest BCUT2D eigenvalue weighted by Crippen LogP contribution is -2.13. The number of aromatic nitrogens is 1. The minimum Gasteiger partial charge on any atom is -0.495 e. The Morgan fingerprint density at radius 2 is 1.68 bits per heavy atom. The molecule has 0 unspecified atom stereocenters. The fourth-order valence-corrected chi connectivity index (χ4v) is 3.70. The highest BCUT2D eigenvalue weighted by Crippen LogP contribution is 2.27. The fraction of sp³-hybridized carbons (Fsp3) is 0.190. The van der Waals surface area contributed by atoms with E-state index >= 15 is 0 Å². The first kappa shape index (κ1) is 19.7. The number of anilines is 3. The van der Waals surface area contributed by atoms with Crippen molar-refractivity contribution in [3.05, 3.63) is 72.4 Å². The van der Waals surface area contributed by atoms with Gasteiger partial charge in [0.1, 0.15) is 11.6 Å². The van der Waals surface area contributed by atoms with Crippen LogP contribution in [0, 0.1) is 0 Å². The van der Waals surface area contributed by atoms with Gasteiger partial charge < -0.3 is 10.1 Å². The van der Waals surface area contributed by atoms with Gasteiger partial charge in [0.25, 0.3) is 10.0 Å². The summed E-state index contributed by atoms with van der Waals surface area (Å²) in [6.07, 6.45) is 1.47. The molecule has 0 aliphatic heterocycles. The number of methoxy groups -OCH3 is 1. The number of pyridine rings is 1. The Morgan fingerprint density at radius 1 is 0.964 bits per heavy atom. The van der Waals surface area contributed by atoms with Crippen LogP contribution in [0.15, 0.2) is 71.8 Å². The summed E-state index contributed by atoms with van der Waals surface area (Å²) >= 11 is 0. The number of hydrogen-bond donors (Lipinski definition) is 2. The maximum atomic E-state index is 12.6. The second-order valence-corrected chi connectivity index (χ2v) is 8.27. The third-order valence-corrected chi connectivity index (χ3v) is 5.64. The van der Waals surface area contributed by atoms with Crippen molar-refractivity contribution in [2.45, 2.75) is 24.7 Å². The largest absolute Gasteiger partial charge is 0.495 e. The molecule has 0 spiro atoms. The second-order valence-electron chi connectivity index (χ2n) is 6.59. The van der Waals surface area contributed by atoms with Crippen LogP contribution in [0.3, 0.4) is 0 Å².